The number of benzene rings is 2. The van der Waals surface area contributed by atoms with Gasteiger partial charge in [-0.05, 0) is 48.9 Å². The van der Waals surface area contributed by atoms with Crippen LogP contribution in [0.15, 0.2) is 67.5 Å². The molecular formula is C26H25ClN4O7. The number of methoxy groups -OCH3 is 1. The van der Waals surface area contributed by atoms with Crippen molar-refractivity contribution in [1.82, 2.24) is 14.1 Å². The molecule has 0 bridgehead atoms. The van der Waals surface area contributed by atoms with Crippen molar-refractivity contribution in [3.05, 3.63) is 91.5 Å². The Hall–Kier alpha value is -4.38. The summed E-state index contributed by atoms with van der Waals surface area (Å²) in [4.78, 5) is 57.5. The molecule has 0 spiro atoms. The lowest BCUT2D eigenvalue weighted by molar-refractivity contribution is -0.145. The predicted octanol–water partition coefficient (Wildman–Crippen LogP) is 3.00. The molecule has 0 fully saturated rings. The van der Waals surface area contributed by atoms with Gasteiger partial charge >= 0.3 is 23.3 Å². The van der Waals surface area contributed by atoms with Gasteiger partial charge in [0.1, 0.15) is 5.58 Å². The Kier molecular flexibility index (Phi) is 7.96. The van der Waals surface area contributed by atoms with Gasteiger partial charge in [0.05, 0.1) is 31.9 Å². The van der Waals surface area contributed by atoms with Crippen LogP contribution in [0.3, 0.4) is 0 Å². The van der Waals surface area contributed by atoms with E-state index in [2.05, 4.69) is 9.98 Å². The molecule has 0 aliphatic heterocycles. The molecule has 0 aliphatic rings. The monoisotopic (exact) mass is 540 g/mol. The maximum absolute atomic E-state index is 13.5. The fourth-order valence-electron chi connectivity index (χ4n) is 3.79. The van der Waals surface area contributed by atoms with Gasteiger partial charge in [-0.2, -0.15) is 0 Å². The van der Waals surface area contributed by atoms with Crippen molar-refractivity contribution in [2.45, 2.75) is 26.9 Å². The van der Waals surface area contributed by atoms with E-state index >= 15 is 0 Å². The number of esters is 2. The Morgan fingerprint density at radius 1 is 1.11 bits per heavy atom. The van der Waals surface area contributed by atoms with Gasteiger partial charge in [0.2, 0.25) is 11.4 Å². The standard InChI is InChI=1S/C26H25ClN4O7/c1-4-37-23(33)21-12-17-11-19(9-10-20(17)38-21)28-24-29-25(34)31(13-15(2)22(32)36-3)26(35)30(24)14-16-5-7-18(27)8-6-16/h5-12,15H,4,13-14H2,1-3H3,(H,28,29,34). The number of carbonyl (C=O) groups excluding carboxylic acids is 2. The van der Waals surface area contributed by atoms with Crippen LogP contribution in [0.1, 0.15) is 30.0 Å². The van der Waals surface area contributed by atoms with Crippen molar-refractivity contribution in [3.63, 3.8) is 0 Å². The normalized spacial score (nSPS) is 12.5. The highest BCUT2D eigenvalue weighted by atomic mass is 35.5. The number of nitrogens with one attached hydrogen (secondary N) is 1. The van der Waals surface area contributed by atoms with E-state index in [1.165, 1.54) is 17.7 Å². The first-order valence-electron chi connectivity index (χ1n) is 11.7. The summed E-state index contributed by atoms with van der Waals surface area (Å²) in [5, 5.41) is 1.12. The molecule has 2 aromatic heterocycles. The van der Waals surface area contributed by atoms with E-state index in [4.69, 9.17) is 25.5 Å². The van der Waals surface area contributed by atoms with E-state index in [1.54, 1.807) is 56.3 Å². The van der Waals surface area contributed by atoms with Crippen LogP contribution >= 0.6 is 11.6 Å². The van der Waals surface area contributed by atoms with Crippen LogP contribution in [-0.2, 0) is 27.4 Å². The lowest BCUT2D eigenvalue weighted by Gasteiger charge is -2.14. The van der Waals surface area contributed by atoms with Gasteiger partial charge in [-0.3, -0.25) is 14.3 Å². The van der Waals surface area contributed by atoms with Crippen molar-refractivity contribution < 1.29 is 23.5 Å². The van der Waals surface area contributed by atoms with E-state index in [1.807, 2.05) is 0 Å². The van der Waals surface area contributed by atoms with E-state index in [0.717, 1.165) is 10.1 Å². The highest BCUT2D eigenvalue weighted by molar-refractivity contribution is 6.30. The molecule has 0 radical (unpaired) electrons. The number of hydrogen-bond acceptors (Lipinski definition) is 8. The van der Waals surface area contributed by atoms with Crippen molar-refractivity contribution in [3.8, 4) is 0 Å². The summed E-state index contributed by atoms with van der Waals surface area (Å²) in [6.45, 7) is 3.35. The minimum absolute atomic E-state index is 0.00891. The van der Waals surface area contributed by atoms with Crippen LogP contribution in [0.25, 0.3) is 11.0 Å². The first-order chi connectivity index (χ1) is 18.2. The maximum atomic E-state index is 13.5. The number of rotatable bonds is 8. The number of hydrogen-bond donors (Lipinski definition) is 1. The van der Waals surface area contributed by atoms with Gasteiger partial charge in [0, 0.05) is 17.0 Å². The van der Waals surface area contributed by atoms with Gasteiger partial charge in [-0.25, -0.2) is 23.9 Å². The van der Waals surface area contributed by atoms with Crippen molar-refractivity contribution in [2.24, 2.45) is 10.9 Å². The second kappa shape index (κ2) is 11.3. The van der Waals surface area contributed by atoms with Crippen molar-refractivity contribution >= 4 is 40.2 Å². The first-order valence-corrected chi connectivity index (χ1v) is 12.1. The lowest BCUT2D eigenvalue weighted by atomic mass is 10.2. The Bertz CT molecular complexity index is 1680. The Morgan fingerprint density at radius 3 is 2.53 bits per heavy atom. The molecule has 11 nitrogen and oxygen atoms in total. The molecule has 0 saturated heterocycles. The Morgan fingerprint density at radius 2 is 1.84 bits per heavy atom. The molecule has 4 aromatic rings. The third-order valence-electron chi connectivity index (χ3n) is 5.71. The molecule has 0 aliphatic carbocycles. The van der Waals surface area contributed by atoms with Crippen LogP contribution < -0.4 is 17.0 Å². The molecule has 0 saturated carbocycles. The minimum atomic E-state index is -0.734. The number of ether oxygens (including phenoxy) is 2. The SMILES string of the molecule is CCOC(=O)c1cc2cc(/N=c3\[nH]c(=O)n(CC(C)C(=O)OC)c(=O)n3Cc3ccc(Cl)cc3)ccc2o1. The second-order valence-corrected chi connectivity index (χ2v) is 8.89. The molecule has 12 heteroatoms. The van der Waals surface area contributed by atoms with E-state index in [-0.39, 0.29) is 31.1 Å². The predicted molar refractivity (Wildman–Crippen MR) is 138 cm³/mol. The summed E-state index contributed by atoms with van der Waals surface area (Å²) in [5.74, 6) is -1.82. The molecule has 2 heterocycles. The molecule has 1 unspecified atom stereocenters. The average molecular weight is 541 g/mol. The number of nitrogens with zero attached hydrogens (tertiary/aromatic N) is 3. The van der Waals surface area contributed by atoms with E-state index in [0.29, 0.717) is 21.7 Å². The second-order valence-electron chi connectivity index (χ2n) is 8.45. The largest absolute Gasteiger partial charge is 0.469 e. The molecule has 198 valence electrons. The average Bonchev–Trinajstić information content (AvgIpc) is 3.33. The number of carbonyl (C=O) groups is 2. The minimum Gasteiger partial charge on any atom is -0.469 e. The number of H-pyrrole nitrogens is 1. The summed E-state index contributed by atoms with van der Waals surface area (Å²) in [5.41, 5.74) is 0.177. The molecule has 0 amide bonds. The quantitative estimate of drug-likeness (QED) is 0.339. The summed E-state index contributed by atoms with van der Waals surface area (Å²) < 4.78 is 17.5. The number of fused-ring (bicyclic) bond motifs is 1. The molecule has 1 N–H and O–H groups in total. The van der Waals surface area contributed by atoms with Crippen LogP contribution in [0.5, 0.6) is 0 Å². The summed E-state index contributed by atoms with van der Waals surface area (Å²) in [6, 6.07) is 13.3. The molecule has 4 rings (SSSR count). The Balaban J connectivity index is 1.83. The van der Waals surface area contributed by atoms with Gasteiger partial charge in [-0.1, -0.05) is 30.7 Å². The highest BCUT2D eigenvalue weighted by Gasteiger charge is 2.18. The van der Waals surface area contributed by atoms with Crippen LogP contribution in [-0.4, -0.2) is 39.8 Å². The molecule has 38 heavy (non-hydrogen) atoms. The number of halogens is 1. The van der Waals surface area contributed by atoms with Crippen LogP contribution in [0, 0.1) is 5.92 Å². The van der Waals surface area contributed by atoms with Crippen LogP contribution in [0.4, 0.5) is 5.69 Å². The zero-order valence-electron chi connectivity index (χ0n) is 20.9. The summed E-state index contributed by atoms with van der Waals surface area (Å²) in [7, 11) is 1.24. The molecule has 2 aromatic carbocycles. The fourth-order valence-corrected chi connectivity index (χ4v) is 3.92. The molecular weight excluding hydrogens is 516 g/mol. The number of aromatic amines is 1. The lowest BCUT2D eigenvalue weighted by Crippen LogP contribution is -2.51. The molecule has 1 atom stereocenters. The third kappa shape index (κ3) is 5.78. The van der Waals surface area contributed by atoms with Gasteiger partial charge in [0.25, 0.3) is 0 Å². The zero-order valence-corrected chi connectivity index (χ0v) is 21.7. The van der Waals surface area contributed by atoms with E-state index < -0.39 is 29.2 Å². The highest BCUT2D eigenvalue weighted by Crippen LogP contribution is 2.24. The number of furan rings is 1. The van der Waals surface area contributed by atoms with Gasteiger partial charge in [-0.15, -0.1) is 0 Å². The smallest absolute Gasteiger partial charge is 0.374 e. The zero-order chi connectivity index (χ0) is 27.4. The van der Waals surface area contributed by atoms with Crippen LogP contribution in [0.2, 0.25) is 5.02 Å². The fraction of sp³-hybridized carbons (Fsp3) is 0.269. The van der Waals surface area contributed by atoms with Crippen molar-refractivity contribution in [1.29, 1.82) is 0 Å². The van der Waals surface area contributed by atoms with Crippen molar-refractivity contribution in [2.75, 3.05) is 13.7 Å². The van der Waals surface area contributed by atoms with Gasteiger partial charge < -0.3 is 13.9 Å². The number of aromatic nitrogens is 3. The first kappa shape index (κ1) is 26.7. The van der Waals surface area contributed by atoms with Gasteiger partial charge in [0.15, 0.2) is 0 Å². The summed E-state index contributed by atoms with van der Waals surface area (Å²) >= 11 is 6.00. The summed E-state index contributed by atoms with van der Waals surface area (Å²) in [6.07, 6.45) is 0. The topological polar surface area (TPSA) is 138 Å². The third-order valence-corrected chi connectivity index (χ3v) is 5.96. The van der Waals surface area contributed by atoms with E-state index in [9.17, 15) is 19.2 Å². The maximum Gasteiger partial charge on any atom is 0.374 e. The Labute approximate surface area is 220 Å².